The summed E-state index contributed by atoms with van der Waals surface area (Å²) in [5.74, 6) is -0.145. The third kappa shape index (κ3) is 6.36. The lowest BCUT2D eigenvalue weighted by molar-refractivity contribution is -0.132. The molecule has 0 radical (unpaired) electrons. The van der Waals surface area contributed by atoms with E-state index < -0.39 is 0 Å². The van der Waals surface area contributed by atoms with Crippen molar-refractivity contribution < 1.29 is 9.59 Å². The van der Waals surface area contributed by atoms with Crippen LogP contribution in [0.25, 0.3) is 0 Å². The summed E-state index contributed by atoms with van der Waals surface area (Å²) in [5.41, 5.74) is 2.16. The first-order valence-electron chi connectivity index (χ1n) is 9.65. The zero-order valence-electron chi connectivity index (χ0n) is 15.9. The monoisotopic (exact) mass is 399 g/mol. The van der Waals surface area contributed by atoms with Crippen LogP contribution in [-0.4, -0.2) is 54.3 Å². The van der Waals surface area contributed by atoms with E-state index in [0.29, 0.717) is 13.0 Å². The van der Waals surface area contributed by atoms with Crippen LogP contribution in [-0.2, 0) is 22.6 Å². The molecule has 2 amide bonds. The normalized spacial score (nSPS) is 15.1. The minimum atomic E-state index is -0.126. The summed E-state index contributed by atoms with van der Waals surface area (Å²) in [7, 11) is 0. The van der Waals surface area contributed by atoms with Gasteiger partial charge in [-0.05, 0) is 29.7 Å². The van der Waals surface area contributed by atoms with E-state index in [9.17, 15) is 9.59 Å². The first kappa shape index (κ1) is 20.4. The quantitative estimate of drug-likeness (QED) is 0.812. The largest absolute Gasteiger partial charge is 0.347 e. The van der Waals surface area contributed by atoms with Crippen molar-refractivity contribution in [3.8, 4) is 0 Å². The van der Waals surface area contributed by atoms with Crippen molar-refractivity contribution in [2.75, 3.05) is 32.7 Å². The maximum Gasteiger partial charge on any atom is 0.242 e. The van der Waals surface area contributed by atoms with Gasteiger partial charge in [0, 0.05) is 37.7 Å². The molecule has 0 atom stereocenters. The van der Waals surface area contributed by atoms with E-state index >= 15 is 0 Å². The number of rotatable bonds is 6. The summed E-state index contributed by atoms with van der Waals surface area (Å²) in [6.07, 6.45) is 1.22. The second-order valence-electron chi connectivity index (χ2n) is 7.08. The second-order valence-corrected chi connectivity index (χ2v) is 7.51. The molecule has 0 spiro atoms. The average Bonchev–Trinajstić information content (AvgIpc) is 2.94. The molecule has 5 nitrogen and oxygen atoms in total. The zero-order chi connectivity index (χ0) is 19.8. The summed E-state index contributed by atoms with van der Waals surface area (Å²) in [6, 6.07) is 17.4. The second kappa shape index (κ2) is 10.2. The Morgan fingerprint density at radius 2 is 1.64 bits per heavy atom. The molecule has 1 saturated heterocycles. The van der Waals surface area contributed by atoms with Gasteiger partial charge in [-0.1, -0.05) is 54.1 Å². The van der Waals surface area contributed by atoms with E-state index in [1.807, 2.05) is 59.5 Å². The standard InChI is InChI=1S/C22H26ClN3O2/c23-20-9-7-19(8-10-20)17-25-11-4-12-26(14-13-25)22(28)16-24-21(27)15-18-5-2-1-3-6-18/h1-3,5-10H,4,11-17H2,(H,24,27). The van der Waals surface area contributed by atoms with Gasteiger partial charge in [0.1, 0.15) is 0 Å². The lowest BCUT2D eigenvalue weighted by Gasteiger charge is -2.22. The van der Waals surface area contributed by atoms with E-state index in [2.05, 4.69) is 10.2 Å². The van der Waals surface area contributed by atoms with Crippen molar-refractivity contribution in [2.24, 2.45) is 0 Å². The molecule has 1 aliphatic heterocycles. The van der Waals surface area contributed by atoms with Crippen LogP contribution >= 0.6 is 11.6 Å². The van der Waals surface area contributed by atoms with Crippen molar-refractivity contribution in [1.29, 1.82) is 0 Å². The Labute approximate surface area is 171 Å². The van der Waals surface area contributed by atoms with Gasteiger partial charge in [-0.15, -0.1) is 0 Å². The van der Waals surface area contributed by atoms with Crippen LogP contribution < -0.4 is 5.32 Å². The van der Waals surface area contributed by atoms with Crippen molar-refractivity contribution >= 4 is 23.4 Å². The Morgan fingerprint density at radius 1 is 0.893 bits per heavy atom. The van der Waals surface area contributed by atoms with Gasteiger partial charge < -0.3 is 10.2 Å². The van der Waals surface area contributed by atoms with Crippen LogP contribution in [0.4, 0.5) is 0 Å². The molecule has 1 fully saturated rings. The Morgan fingerprint density at radius 3 is 2.39 bits per heavy atom. The molecule has 6 heteroatoms. The molecule has 0 aliphatic carbocycles. The number of benzene rings is 2. The maximum atomic E-state index is 12.5. The number of nitrogens with one attached hydrogen (secondary N) is 1. The molecule has 0 aromatic heterocycles. The minimum absolute atomic E-state index is 0.0187. The highest BCUT2D eigenvalue weighted by atomic mass is 35.5. The molecule has 1 N–H and O–H groups in total. The summed E-state index contributed by atoms with van der Waals surface area (Å²) < 4.78 is 0. The molecule has 148 valence electrons. The van der Waals surface area contributed by atoms with E-state index in [1.165, 1.54) is 5.56 Å². The summed E-state index contributed by atoms with van der Waals surface area (Å²) >= 11 is 5.94. The third-order valence-corrected chi connectivity index (χ3v) is 5.16. The Kier molecular flexibility index (Phi) is 7.46. The highest BCUT2D eigenvalue weighted by Crippen LogP contribution is 2.13. The number of amides is 2. The molecule has 0 bridgehead atoms. The molecule has 0 unspecified atom stereocenters. The SMILES string of the molecule is O=C(Cc1ccccc1)NCC(=O)N1CCCN(Cc2ccc(Cl)cc2)CC1. The predicted molar refractivity (Wildman–Crippen MR) is 111 cm³/mol. The highest BCUT2D eigenvalue weighted by Gasteiger charge is 2.19. The van der Waals surface area contributed by atoms with Crippen LogP contribution in [0.3, 0.4) is 0 Å². The summed E-state index contributed by atoms with van der Waals surface area (Å²) in [5, 5.41) is 3.49. The van der Waals surface area contributed by atoms with E-state index in [-0.39, 0.29) is 18.4 Å². The maximum absolute atomic E-state index is 12.5. The van der Waals surface area contributed by atoms with E-state index in [1.54, 1.807) is 0 Å². The van der Waals surface area contributed by atoms with Gasteiger partial charge in [-0.2, -0.15) is 0 Å². The summed E-state index contributed by atoms with van der Waals surface area (Å²) in [6.45, 7) is 4.10. The van der Waals surface area contributed by atoms with Gasteiger partial charge in [0.05, 0.1) is 13.0 Å². The summed E-state index contributed by atoms with van der Waals surface area (Å²) in [4.78, 5) is 28.7. The molecule has 1 aliphatic rings. The van der Waals surface area contributed by atoms with E-state index in [4.69, 9.17) is 11.6 Å². The Hall–Kier alpha value is -2.37. The first-order valence-corrected chi connectivity index (χ1v) is 10.0. The lowest BCUT2D eigenvalue weighted by atomic mass is 10.1. The number of hydrogen-bond donors (Lipinski definition) is 1. The average molecular weight is 400 g/mol. The number of carbonyl (C=O) groups excluding carboxylic acids is 2. The smallest absolute Gasteiger partial charge is 0.242 e. The minimum Gasteiger partial charge on any atom is -0.347 e. The molecule has 28 heavy (non-hydrogen) atoms. The molecular weight excluding hydrogens is 374 g/mol. The highest BCUT2D eigenvalue weighted by molar-refractivity contribution is 6.30. The number of halogens is 1. The fourth-order valence-corrected chi connectivity index (χ4v) is 3.48. The zero-order valence-corrected chi connectivity index (χ0v) is 16.7. The first-order chi connectivity index (χ1) is 13.6. The van der Waals surface area contributed by atoms with Gasteiger partial charge in [-0.25, -0.2) is 0 Å². The number of nitrogens with zero attached hydrogens (tertiary/aromatic N) is 2. The van der Waals surface area contributed by atoms with Crippen molar-refractivity contribution in [3.05, 3.63) is 70.7 Å². The molecule has 2 aromatic carbocycles. The van der Waals surface area contributed by atoms with Gasteiger partial charge in [0.2, 0.25) is 11.8 Å². The Bertz CT molecular complexity index is 780. The topological polar surface area (TPSA) is 52.7 Å². The molecule has 3 rings (SSSR count). The van der Waals surface area contributed by atoms with Crippen molar-refractivity contribution in [3.63, 3.8) is 0 Å². The third-order valence-electron chi connectivity index (χ3n) is 4.90. The van der Waals surface area contributed by atoms with Gasteiger partial charge in [-0.3, -0.25) is 14.5 Å². The Balaban J connectivity index is 1.42. The fourth-order valence-electron chi connectivity index (χ4n) is 3.36. The van der Waals surface area contributed by atoms with E-state index in [0.717, 1.165) is 43.2 Å². The molecule has 1 heterocycles. The predicted octanol–water partition coefficient (Wildman–Crippen LogP) is 2.73. The van der Waals surface area contributed by atoms with Crippen LogP contribution in [0.15, 0.2) is 54.6 Å². The van der Waals surface area contributed by atoms with Gasteiger partial charge in [0.25, 0.3) is 0 Å². The van der Waals surface area contributed by atoms with Crippen LogP contribution in [0.5, 0.6) is 0 Å². The molecule has 2 aromatic rings. The van der Waals surface area contributed by atoms with Crippen molar-refractivity contribution in [1.82, 2.24) is 15.1 Å². The number of carbonyl (C=O) groups is 2. The lowest BCUT2D eigenvalue weighted by Crippen LogP contribution is -2.42. The van der Waals surface area contributed by atoms with Gasteiger partial charge >= 0.3 is 0 Å². The number of hydrogen-bond acceptors (Lipinski definition) is 3. The van der Waals surface area contributed by atoms with Crippen LogP contribution in [0.1, 0.15) is 17.5 Å². The molecule has 0 saturated carbocycles. The van der Waals surface area contributed by atoms with Crippen molar-refractivity contribution in [2.45, 2.75) is 19.4 Å². The molecular formula is C22H26ClN3O2. The van der Waals surface area contributed by atoms with Crippen LogP contribution in [0.2, 0.25) is 5.02 Å². The van der Waals surface area contributed by atoms with Gasteiger partial charge in [0.15, 0.2) is 0 Å². The van der Waals surface area contributed by atoms with Crippen LogP contribution in [0, 0.1) is 0 Å². The fraction of sp³-hybridized carbons (Fsp3) is 0.364.